The van der Waals surface area contributed by atoms with Crippen LogP contribution in [0.3, 0.4) is 0 Å². The summed E-state index contributed by atoms with van der Waals surface area (Å²) >= 11 is 10.3. The normalized spacial score (nSPS) is 10.5. The number of unbranched alkanes of at least 4 members (excludes halogenated alkanes) is 3. The third-order valence-electron chi connectivity index (χ3n) is 2.63. The average molecular weight is 457 g/mol. The zero-order valence-corrected chi connectivity index (χ0v) is 15.3. The molecule has 1 aromatic rings. The molecule has 0 saturated carbocycles. The highest BCUT2D eigenvalue weighted by atomic mass is 79.9. The number of nitrogens with one attached hydrogen (secondary N) is 1. The van der Waals surface area contributed by atoms with Gasteiger partial charge < -0.3 is 11.1 Å². The summed E-state index contributed by atoms with van der Waals surface area (Å²) < 4.78 is 2.65. The number of anilines is 1. The number of hydrogen-bond acceptors (Lipinski definition) is 2. The summed E-state index contributed by atoms with van der Waals surface area (Å²) in [5.41, 5.74) is 6.20. The first kappa shape index (κ1) is 17.1. The molecular weight excluding hydrogens is 440 g/mol. The molecule has 6 heteroatoms. The maximum Gasteiger partial charge on any atom is 0.224 e. The van der Waals surface area contributed by atoms with Crippen molar-refractivity contribution >= 4 is 59.4 Å². The lowest BCUT2D eigenvalue weighted by atomic mass is 10.1. The maximum absolute atomic E-state index is 11.8. The Bertz CT molecular complexity index is 415. The second-order valence-corrected chi connectivity index (χ2v) is 6.87. The van der Waals surface area contributed by atoms with Crippen LogP contribution in [0.25, 0.3) is 0 Å². The summed E-state index contributed by atoms with van der Waals surface area (Å²) in [5, 5.41) is 2.92. The van der Waals surface area contributed by atoms with Crippen molar-refractivity contribution in [3.63, 3.8) is 0 Å². The Labute approximate surface area is 139 Å². The van der Waals surface area contributed by atoms with Crippen LogP contribution in [0.1, 0.15) is 32.1 Å². The molecular formula is C13H17Br3N2O. The monoisotopic (exact) mass is 454 g/mol. The van der Waals surface area contributed by atoms with Crippen LogP contribution < -0.4 is 11.1 Å². The molecule has 0 radical (unpaired) electrons. The third-order valence-corrected chi connectivity index (χ3v) is 4.34. The summed E-state index contributed by atoms with van der Waals surface area (Å²) in [5.74, 6) is 0.0384. The predicted molar refractivity (Wildman–Crippen MR) is 90.3 cm³/mol. The minimum Gasteiger partial charge on any atom is -0.330 e. The Hall–Kier alpha value is 0.0900. The zero-order chi connectivity index (χ0) is 14.3. The van der Waals surface area contributed by atoms with Gasteiger partial charge in [-0.1, -0.05) is 28.8 Å². The van der Waals surface area contributed by atoms with E-state index in [1.54, 1.807) is 0 Å². The van der Waals surface area contributed by atoms with E-state index in [4.69, 9.17) is 5.73 Å². The number of carbonyl (C=O) groups excluding carboxylic acids is 1. The van der Waals surface area contributed by atoms with Crippen LogP contribution in [0.4, 0.5) is 5.69 Å². The lowest BCUT2D eigenvalue weighted by molar-refractivity contribution is -0.116. The lowest BCUT2D eigenvalue weighted by Gasteiger charge is -2.10. The van der Waals surface area contributed by atoms with Crippen LogP contribution in [0.2, 0.25) is 0 Å². The Balaban J connectivity index is 2.44. The smallest absolute Gasteiger partial charge is 0.224 e. The fraction of sp³-hybridized carbons (Fsp3) is 0.462. The molecule has 0 heterocycles. The zero-order valence-electron chi connectivity index (χ0n) is 10.5. The van der Waals surface area contributed by atoms with Gasteiger partial charge in [-0.05, 0) is 63.4 Å². The fourth-order valence-corrected chi connectivity index (χ4v) is 4.10. The van der Waals surface area contributed by atoms with E-state index in [-0.39, 0.29) is 5.91 Å². The second-order valence-electron chi connectivity index (χ2n) is 4.25. The quantitative estimate of drug-likeness (QED) is 0.578. The van der Waals surface area contributed by atoms with Crippen LogP contribution in [-0.4, -0.2) is 12.5 Å². The van der Waals surface area contributed by atoms with Crippen LogP contribution in [0.5, 0.6) is 0 Å². The summed E-state index contributed by atoms with van der Waals surface area (Å²) in [7, 11) is 0. The molecule has 1 aromatic carbocycles. The minimum absolute atomic E-state index is 0.0384. The number of halogens is 3. The third kappa shape index (κ3) is 6.38. The standard InChI is InChI=1S/C13H17Br3N2O/c14-9-7-10(15)13(11(16)8-9)18-12(19)5-3-1-2-4-6-17/h7-8H,1-6,17H2,(H,18,19). The number of nitrogens with two attached hydrogens (primary N) is 1. The molecule has 106 valence electrons. The van der Waals surface area contributed by atoms with E-state index in [9.17, 15) is 4.79 Å². The highest BCUT2D eigenvalue weighted by Gasteiger charge is 2.10. The predicted octanol–water partition coefficient (Wildman–Crippen LogP) is 4.82. The van der Waals surface area contributed by atoms with Crippen molar-refractivity contribution in [1.82, 2.24) is 0 Å². The van der Waals surface area contributed by atoms with E-state index in [2.05, 4.69) is 53.1 Å². The van der Waals surface area contributed by atoms with Gasteiger partial charge in [0.1, 0.15) is 0 Å². The van der Waals surface area contributed by atoms with Gasteiger partial charge in [0.2, 0.25) is 5.91 Å². The molecule has 0 atom stereocenters. The van der Waals surface area contributed by atoms with Crippen molar-refractivity contribution in [2.45, 2.75) is 32.1 Å². The first-order chi connectivity index (χ1) is 9.04. The molecule has 0 aliphatic carbocycles. The lowest BCUT2D eigenvalue weighted by Crippen LogP contribution is -2.12. The Morgan fingerprint density at radius 1 is 1.05 bits per heavy atom. The number of rotatable bonds is 7. The Morgan fingerprint density at radius 3 is 2.21 bits per heavy atom. The first-order valence-electron chi connectivity index (χ1n) is 6.19. The molecule has 0 fully saturated rings. The molecule has 0 unspecified atom stereocenters. The van der Waals surface area contributed by atoms with E-state index in [0.29, 0.717) is 6.42 Å². The summed E-state index contributed by atoms with van der Waals surface area (Å²) in [6, 6.07) is 3.81. The number of hydrogen-bond donors (Lipinski definition) is 2. The molecule has 0 bridgehead atoms. The van der Waals surface area contributed by atoms with Gasteiger partial charge in [-0.2, -0.15) is 0 Å². The summed E-state index contributed by atoms with van der Waals surface area (Å²) in [4.78, 5) is 11.8. The van der Waals surface area contributed by atoms with Gasteiger partial charge in [-0.25, -0.2) is 0 Å². The van der Waals surface area contributed by atoms with E-state index in [0.717, 1.165) is 51.3 Å². The van der Waals surface area contributed by atoms with Crippen LogP contribution in [0, 0.1) is 0 Å². The largest absolute Gasteiger partial charge is 0.330 e. The highest BCUT2D eigenvalue weighted by molar-refractivity contribution is 9.11. The molecule has 0 aromatic heterocycles. The Kier molecular flexibility index (Phi) is 8.21. The first-order valence-corrected chi connectivity index (χ1v) is 8.57. The van der Waals surface area contributed by atoms with Crippen LogP contribution >= 0.6 is 47.8 Å². The molecule has 0 aliphatic rings. The molecule has 1 amide bonds. The molecule has 0 aliphatic heterocycles. The molecule has 19 heavy (non-hydrogen) atoms. The van der Waals surface area contributed by atoms with Gasteiger partial charge in [0.05, 0.1) is 5.69 Å². The number of benzene rings is 1. The SMILES string of the molecule is NCCCCCCC(=O)Nc1c(Br)cc(Br)cc1Br. The van der Waals surface area contributed by atoms with Gasteiger partial charge in [-0.15, -0.1) is 0 Å². The topological polar surface area (TPSA) is 55.1 Å². The van der Waals surface area contributed by atoms with Crippen molar-refractivity contribution in [1.29, 1.82) is 0 Å². The fourth-order valence-electron chi connectivity index (χ4n) is 1.65. The van der Waals surface area contributed by atoms with Gasteiger partial charge in [0, 0.05) is 19.8 Å². The number of carbonyl (C=O) groups is 1. The second kappa shape index (κ2) is 9.10. The van der Waals surface area contributed by atoms with Crippen molar-refractivity contribution < 1.29 is 4.79 Å². The van der Waals surface area contributed by atoms with Crippen molar-refractivity contribution in [3.8, 4) is 0 Å². The van der Waals surface area contributed by atoms with Crippen molar-refractivity contribution in [3.05, 3.63) is 25.6 Å². The number of amides is 1. The highest BCUT2D eigenvalue weighted by Crippen LogP contribution is 2.34. The van der Waals surface area contributed by atoms with Gasteiger partial charge in [0.25, 0.3) is 0 Å². The summed E-state index contributed by atoms with van der Waals surface area (Å²) in [6.07, 6.45) is 4.62. The summed E-state index contributed by atoms with van der Waals surface area (Å²) in [6.45, 7) is 0.727. The van der Waals surface area contributed by atoms with Gasteiger partial charge in [0.15, 0.2) is 0 Å². The van der Waals surface area contributed by atoms with E-state index in [1.165, 1.54) is 0 Å². The van der Waals surface area contributed by atoms with E-state index in [1.807, 2.05) is 12.1 Å². The minimum atomic E-state index is 0.0384. The molecule has 3 nitrogen and oxygen atoms in total. The maximum atomic E-state index is 11.8. The van der Waals surface area contributed by atoms with Gasteiger partial charge >= 0.3 is 0 Å². The Morgan fingerprint density at radius 2 is 1.63 bits per heavy atom. The van der Waals surface area contributed by atoms with E-state index < -0.39 is 0 Å². The molecule has 3 N–H and O–H groups in total. The van der Waals surface area contributed by atoms with Crippen molar-refractivity contribution in [2.75, 3.05) is 11.9 Å². The van der Waals surface area contributed by atoms with Crippen LogP contribution in [0.15, 0.2) is 25.6 Å². The molecule has 1 rings (SSSR count). The average Bonchev–Trinajstić information content (AvgIpc) is 2.33. The van der Waals surface area contributed by atoms with Crippen molar-refractivity contribution in [2.24, 2.45) is 5.73 Å². The van der Waals surface area contributed by atoms with E-state index >= 15 is 0 Å². The van der Waals surface area contributed by atoms with Gasteiger partial charge in [-0.3, -0.25) is 4.79 Å². The molecule has 0 saturated heterocycles. The molecule has 0 spiro atoms. The van der Waals surface area contributed by atoms with Crippen LogP contribution in [-0.2, 0) is 4.79 Å².